The van der Waals surface area contributed by atoms with Gasteiger partial charge in [0.05, 0.1) is 0 Å². The average Bonchev–Trinajstić information content (AvgIpc) is 2.66. The van der Waals surface area contributed by atoms with Gasteiger partial charge in [-0.3, -0.25) is 4.90 Å². The number of nitrogens with zero attached hydrogens (tertiary/aromatic N) is 1. The van der Waals surface area contributed by atoms with Crippen LogP contribution < -0.4 is 5.73 Å². The summed E-state index contributed by atoms with van der Waals surface area (Å²) in [6.07, 6.45) is 5.20. The number of hydrogen-bond donors (Lipinski definition) is 1. The van der Waals surface area contributed by atoms with Crippen LogP contribution in [0.3, 0.4) is 0 Å². The van der Waals surface area contributed by atoms with Crippen LogP contribution in [0.1, 0.15) is 43.7 Å². The molecule has 2 rings (SSSR count). The molecule has 1 aromatic rings. The maximum atomic E-state index is 13.2. The van der Waals surface area contributed by atoms with E-state index in [1.807, 2.05) is 6.07 Å². The van der Waals surface area contributed by atoms with Crippen molar-refractivity contribution < 1.29 is 4.39 Å². The number of benzene rings is 1. The predicted molar refractivity (Wildman–Crippen MR) is 77.2 cm³/mol. The standard InChI is InChI=1S/C16H25FN2/c1-2-13-4-3-8-19(9-7-13)12-14-5-6-16(17)10-15(14)11-18/h5-6,10,13H,2-4,7-9,11-12,18H2,1H3. The minimum atomic E-state index is -0.189. The fraction of sp³-hybridized carbons (Fsp3) is 0.625. The van der Waals surface area contributed by atoms with E-state index >= 15 is 0 Å². The first-order valence-electron chi connectivity index (χ1n) is 7.42. The zero-order valence-electron chi connectivity index (χ0n) is 11.9. The first-order valence-corrected chi connectivity index (χ1v) is 7.42. The SMILES string of the molecule is CCC1CCCN(Cc2ccc(F)cc2CN)CC1. The molecular formula is C16H25FN2. The molecule has 1 atom stereocenters. The zero-order chi connectivity index (χ0) is 13.7. The number of likely N-dealkylation sites (tertiary alicyclic amines) is 1. The van der Waals surface area contributed by atoms with Gasteiger partial charge in [-0.25, -0.2) is 4.39 Å². The van der Waals surface area contributed by atoms with Crippen LogP contribution in [0.2, 0.25) is 0 Å². The van der Waals surface area contributed by atoms with Crippen molar-refractivity contribution >= 4 is 0 Å². The third-order valence-corrected chi connectivity index (χ3v) is 4.30. The van der Waals surface area contributed by atoms with Crippen LogP contribution in [0.15, 0.2) is 18.2 Å². The predicted octanol–water partition coefficient (Wildman–Crippen LogP) is 3.30. The Kier molecular flexibility index (Phi) is 5.34. The largest absolute Gasteiger partial charge is 0.326 e. The number of halogens is 1. The van der Waals surface area contributed by atoms with Crippen molar-refractivity contribution in [2.45, 2.75) is 45.7 Å². The summed E-state index contributed by atoms with van der Waals surface area (Å²) in [6, 6.07) is 5.00. The quantitative estimate of drug-likeness (QED) is 0.904. The van der Waals surface area contributed by atoms with Crippen molar-refractivity contribution in [1.82, 2.24) is 4.90 Å². The maximum absolute atomic E-state index is 13.2. The van der Waals surface area contributed by atoms with Gasteiger partial charge in [0.1, 0.15) is 5.82 Å². The van der Waals surface area contributed by atoms with E-state index in [2.05, 4.69) is 11.8 Å². The summed E-state index contributed by atoms with van der Waals surface area (Å²) >= 11 is 0. The molecule has 19 heavy (non-hydrogen) atoms. The number of rotatable bonds is 4. The third kappa shape index (κ3) is 4.02. The Hall–Kier alpha value is -0.930. The van der Waals surface area contributed by atoms with Gasteiger partial charge in [-0.15, -0.1) is 0 Å². The first-order chi connectivity index (χ1) is 9.22. The molecule has 0 bridgehead atoms. The second kappa shape index (κ2) is 7.01. The summed E-state index contributed by atoms with van der Waals surface area (Å²) in [5.74, 6) is 0.693. The molecule has 2 nitrogen and oxygen atoms in total. The monoisotopic (exact) mass is 264 g/mol. The van der Waals surface area contributed by atoms with Gasteiger partial charge in [0.25, 0.3) is 0 Å². The Bertz CT molecular complexity index is 406. The molecule has 0 amide bonds. The minimum Gasteiger partial charge on any atom is -0.326 e. The lowest BCUT2D eigenvalue weighted by Crippen LogP contribution is -2.25. The van der Waals surface area contributed by atoms with Crippen LogP contribution in [0.5, 0.6) is 0 Å². The molecule has 1 unspecified atom stereocenters. The van der Waals surface area contributed by atoms with E-state index in [4.69, 9.17) is 5.73 Å². The molecular weight excluding hydrogens is 239 g/mol. The maximum Gasteiger partial charge on any atom is 0.123 e. The van der Waals surface area contributed by atoms with Crippen LogP contribution in [0.25, 0.3) is 0 Å². The van der Waals surface area contributed by atoms with Crippen LogP contribution in [0, 0.1) is 11.7 Å². The van der Waals surface area contributed by atoms with Crippen LogP contribution in [0.4, 0.5) is 4.39 Å². The van der Waals surface area contributed by atoms with Gasteiger partial charge in [-0.05, 0) is 61.5 Å². The molecule has 1 heterocycles. The van der Waals surface area contributed by atoms with Gasteiger partial charge in [0.2, 0.25) is 0 Å². The molecule has 0 aliphatic carbocycles. The molecule has 1 aliphatic rings. The van der Waals surface area contributed by atoms with Crippen molar-refractivity contribution in [1.29, 1.82) is 0 Å². The van der Waals surface area contributed by atoms with Crippen molar-refractivity contribution in [3.05, 3.63) is 35.1 Å². The summed E-state index contributed by atoms with van der Waals surface area (Å²) in [5, 5.41) is 0. The molecule has 1 saturated heterocycles. The van der Waals surface area contributed by atoms with E-state index in [9.17, 15) is 4.39 Å². The summed E-state index contributed by atoms with van der Waals surface area (Å²) in [6.45, 7) is 5.91. The van der Waals surface area contributed by atoms with Crippen molar-refractivity contribution in [3.8, 4) is 0 Å². The summed E-state index contributed by atoms with van der Waals surface area (Å²) in [5.41, 5.74) is 7.83. The topological polar surface area (TPSA) is 29.3 Å². The lowest BCUT2D eigenvalue weighted by molar-refractivity contribution is 0.271. The smallest absolute Gasteiger partial charge is 0.123 e. The van der Waals surface area contributed by atoms with E-state index in [0.29, 0.717) is 6.54 Å². The van der Waals surface area contributed by atoms with E-state index < -0.39 is 0 Å². The highest BCUT2D eigenvalue weighted by Gasteiger charge is 2.16. The summed E-state index contributed by atoms with van der Waals surface area (Å²) in [4.78, 5) is 2.49. The highest BCUT2D eigenvalue weighted by Crippen LogP contribution is 2.22. The van der Waals surface area contributed by atoms with E-state index in [1.165, 1.54) is 31.2 Å². The number of nitrogens with two attached hydrogens (primary N) is 1. The fourth-order valence-electron chi connectivity index (χ4n) is 2.97. The highest BCUT2D eigenvalue weighted by atomic mass is 19.1. The van der Waals surface area contributed by atoms with E-state index in [-0.39, 0.29) is 5.82 Å². The van der Waals surface area contributed by atoms with Crippen LogP contribution in [-0.2, 0) is 13.1 Å². The van der Waals surface area contributed by atoms with Crippen molar-refractivity contribution in [3.63, 3.8) is 0 Å². The van der Waals surface area contributed by atoms with Gasteiger partial charge in [0, 0.05) is 13.1 Å². The van der Waals surface area contributed by atoms with Gasteiger partial charge in [-0.2, -0.15) is 0 Å². The molecule has 1 aromatic carbocycles. The Balaban J connectivity index is 2.00. The van der Waals surface area contributed by atoms with E-state index in [1.54, 1.807) is 12.1 Å². The lowest BCUT2D eigenvalue weighted by atomic mass is 9.98. The van der Waals surface area contributed by atoms with E-state index in [0.717, 1.165) is 31.1 Å². The molecule has 2 N–H and O–H groups in total. The minimum absolute atomic E-state index is 0.189. The Morgan fingerprint density at radius 1 is 1.26 bits per heavy atom. The molecule has 1 aliphatic heterocycles. The average molecular weight is 264 g/mol. The second-order valence-electron chi connectivity index (χ2n) is 5.60. The summed E-state index contributed by atoms with van der Waals surface area (Å²) in [7, 11) is 0. The zero-order valence-corrected chi connectivity index (χ0v) is 11.9. The lowest BCUT2D eigenvalue weighted by Gasteiger charge is -2.21. The fourth-order valence-corrected chi connectivity index (χ4v) is 2.97. The Morgan fingerprint density at radius 3 is 2.84 bits per heavy atom. The Morgan fingerprint density at radius 2 is 2.11 bits per heavy atom. The summed E-state index contributed by atoms with van der Waals surface area (Å²) < 4.78 is 13.2. The van der Waals surface area contributed by atoms with Gasteiger partial charge < -0.3 is 5.73 Å². The molecule has 0 radical (unpaired) electrons. The first kappa shape index (κ1) is 14.5. The van der Waals surface area contributed by atoms with Crippen molar-refractivity contribution in [2.24, 2.45) is 11.7 Å². The normalized spacial score (nSPS) is 21.3. The molecule has 0 spiro atoms. The third-order valence-electron chi connectivity index (χ3n) is 4.30. The second-order valence-corrected chi connectivity index (χ2v) is 5.60. The van der Waals surface area contributed by atoms with Gasteiger partial charge in [-0.1, -0.05) is 19.4 Å². The van der Waals surface area contributed by atoms with Gasteiger partial charge in [0.15, 0.2) is 0 Å². The van der Waals surface area contributed by atoms with Crippen LogP contribution >= 0.6 is 0 Å². The molecule has 0 aromatic heterocycles. The van der Waals surface area contributed by atoms with Gasteiger partial charge >= 0.3 is 0 Å². The molecule has 0 saturated carbocycles. The molecule has 3 heteroatoms. The van der Waals surface area contributed by atoms with Crippen LogP contribution in [-0.4, -0.2) is 18.0 Å². The molecule has 106 valence electrons. The highest BCUT2D eigenvalue weighted by molar-refractivity contribution is 5.27. The van der Waals surface area contributed by atoms with Crippen molar-refractivity contribution in [2.75, 3.05) is 13.1 Å². The molecule has 1 fully saturated rings. The Labute approximate surface area is 115 Å². The number of hydrogen-bond acceptors (Lipinski definition) is 2.